The summed E-state index contributed by atoms with van der Waals surface area (Å²) < 4.78 is 31.6. The maximum atomic E-state index is 15.4. The second-order valence-electron chi connectivity index (χ2n) is 18.2. The minimum atomic E-state index is -1.46. The number of carbonyl (C=O) groups is 2. The number of nitrogens with zero attached hydrogens (tertiary/aromatic N) is 2. The Kier molecular flexibility index (Phi) is 16.6. The van der Waals surface area contributed by atoms with Gasteiger partial charge >= 0.3 is 6.09 Å². The standard InChI is InChI=1S/C57H65N3O10/c1-5-28-60(55(63)42-23-22-39-18-10-11-19-40(39)32-42)52-36-49(59-68-37-38-16-8-7-9-17-38)46-33-41(20-12-14-29-61)45(21-13-15-30-62)53-47-34-44(25-27-50(47)70-57(52,54(46)53)67-31-6-2)69-56(64)58-48-26-24-43(65-3)35-51(48)66-4/h6-11,16-19,22-27,32-35,41,45,52-54,61-62H,2,5,12-15,20-21,28-31,36-37H2,1,3-4H3,(H,58,64). The van der Waals surface area contributed by atoms with Crippen LogP contribution in [-0.2, 0) is 16.2 Å². The third-order valence-electron chi connectivity index (χ3n) is 13.8. The molecule has 13 heteroatoms. The van der Waals surface area contributed by atoms with Gasteiger partial charge in [-0.05, 0) is 108 Å². The van der Waals surface area contributed by atoms with Crippen molar-refractivity contribution in [3.8, 4) is 23.0 Å². The number of rotatable bonds is 22. The number of hydrogen-bond donors (Lipinski definition) is 3. The summed E-state index contributed by atoms with van der Waals surface area (Å²) in [5.41, 5.74) is 4.31. The lowest BCUT2D eigenvalue weighted by atomic mass is 9.55. The molecule has 1 fully saturated rings. The van der Waals surface area contributed by atoms with E-state index in [1.54, 1.807) is 37.5 Å². The van der Waals surface area contributed by atoms with Crippen molar-refractivity contribution in [2.24, 2.45) is 22.9 Å². The van der Waals surface area contributed by atoms with E-state index in [0.717, 1.165) is 53.2 Å². The van der Waals surface area contributed by atoms with Crippen LogP contribution in [0.3, 0.4) is 0 Å². The quantitative estimate of drug-likeness (QED) is 0.0346. The van der Waals surface area contributed by atoms with Crippen molar-refractivity contribution in [3.63, 3.8) is 0 Å². The van der Waals surface area contributed by atoms with Gasteiger partial charge in [-0.25, -0.2) is 4.79 Å². The molecule has 3 N–H and O–H groups in total. The predicted octanol–water partition coefficient (Wildman–Crippen LogP) is 10.9. The molecule has 1 heterocycles. The van der Waals surface area contributed by atoms with E-state index in [9.17, 15) is 15.0 Å². The summed E-state index contributed by atoms with van der Waals surface area (Å²) in [6, 6.07) is 33.4. The molecule has 6 atom stereocenters. The number of carbonyl (C=O) groups excluding carboxylic acids is 2. The molecule has 0 aromatic heterocycles. The highest BCUT2D eigenvalue weighted by Gasteiger charge is 2.65. The number of hydrogen-bond acceptors (Lipinski definition) is 11. The Hall–Kier alpha value is -6.67. The van der Waals surface area contributed by atoms with Gasteiger partial charge in [0.15, 0.2) is 0 Å². The zero-order valence-corrected chi connectivity index (χ0v) is 40.4. The minimum absolute atomic E-state index is 0.00167. The molecule has 1 saturated carbocycles. The van der Waals surface area contributed by atoms with Crippen LogP contribution in [0.4, 0.5) is 10.5 Å². The predicted molar refractivity (Wildman–Crippen MR) is 271 cm³/mol. The van der Waals surface area contributed by atoms with Gasteiger partial charge in [0.25, 0.3) is 5.91 Å². The minimum Gasteiger partial charge on any atom is -0.497 e. The molecule has 0 saturated heterocycles. The second-order valence-corrected chi connectivity index (χ2v) is 18.2. The first-order valence-corrected chi connectivity index (χ1v) is 24.5. The van der Waals surface area contributed by atoms with Crippen LogP contribution in [0.2, 0.25) is 0 Å². The van der Waals surface area contributed by atoms with Crippen LogP contribution in [-0.4, -0.2) is 85.2 Å². The van der Waals surface area contributed by atoms with E-state index >= 15 is 4.79 Å². The van der Waals surface area contributed by atoms with Gasteiger partial charge < -0.3 is 43.6 Å². The van der Waals surface area contributed by atoms with Crippen LogP contribution in [0, 0.1) is 17.8 Å². The van der Waals surface area contributed by atoms with E-state index in [1.165, 1.54) is 7.11 Å². The molecule has 8 rings (SSSR count). The fourth-order valence-electron chi connectivity index (χ4n) is 10.7. The Bertz CT molecular complexity index is 2670. The van der Waals surface area contributed by atoms with Crippen molar-refractivity contribution in [1.29, 1.82) is 0 Å². The van der Waals surface area contributed by atoms with Crippen LogP contribution in [0.1, 0.15) is 85.7 Å². The number of fused-ring (bicyclic) bond motifs is 3. The number of oxime groups is 1. The Morgan fingerprint density at radius 2 is 1.63 bits per heavy atom. The average Bonchev–Trinajstić information content (AvgIpc) is 3.38. The number of aliphatic hydroxyl groups is 2. The SMILES string of the molecule is C=CCOC12Oc3ccc(OC(=O)Nc4ccc(OC)cc4OC)cc3C3C(CCCCO)C(CCCCO)C=C(C(=NOCc4ccccc4)CC1N(CCC)C(=O)c1ccc4ccccc4c1)C32. The number of benzene rings is 5. The first-order chi connectivity index (χ1) is 34.2. The summed E-state index contributed by atoms with van der Waals surface area (Å²) >= 11 is 0. The number of unbranched alkanes of at least 4 members (excludes halogenated alkanes) is 2. The summed E-state index contributed by atoms with van der Waals surface area (Å²) in [6.45, 7) is 7.00. The van der Waals surface area contributed by atoms with Crippen molar-refractivity contribution < 1.29 is 48.3 Å². The maximum absolute atomic E-state index is 15.4. The molecule has 1 aliphatic heterocycles. The lowest BCUT2D eigenvalue weighted by Gasteiger charge is -2.60. The van der Waals surface area contributed by atoms with Crippen LogP contribution in [0.15, 0.2) is 139 Å². The zero-order chi connectivity index (χ0) is 49.0. The van der Waals surface area contributed by atoms with Crippen LogP contribution in [0.5, 0.6) is 23.0 Å². The molecule has 6 unspecified atom stereocenters. The van der Waals surface area contributed by atoms with Gasteiger partial charge in [0.2, 0.25) is 5.79 Å². The summed E-state index contributed by atoms with van der Waals surface area (Å²) in [7, 11) is 3.07. The highest BCUT2D eigenvalue weighted by atomic mass is 16.7. The van der Waals surface area contributed by atoms with E-state index in [1.807, 2.05) is 89.8 Å². The molecule has 70 heavy (non-hydrogen) atoms. The Balaban J connectivity index is 1.29. The van der Waals surface area contributed by atoms with E-state index < -0.39 is 23.8 Å². The number of nitrogens with one attached hydrogen (secondary N) is 1. The van der Waals surface area contributed by atoms with E-state index in [4.69, 9.17) is 33.7 Å². The topological polar surface area (TPSA) is 158 Å². The Morgan fingerprint density at radius 3 is 2.37 bits per heavy atom. The van der Waals surface area contributed by atoms with Crippen LogP contribution in [0.25, 0.3) is 10.8 Å². The molecular formula is C57H65N3O10. The molecule has 2 amide bonds. The highest BCUT2D eigenvalue weighted by Crippen LogP contribution is 2.62. The monoisotopic (exact) mass is 951 g/mol. The molecular weight excluding hydrogens is 887 g/mol. The van der Waals surface area contributed by atoms with Gasteiger partial charge in [0, 0.05) is 49.3 Å². The molecule has 2 aliphatic carbocycles. The van der Waals surface area contributed by atoms with Gasteiger partial charge in [-0.1, -0.05) is 97.7 Å². The van der Waals surface area contributed by atoms with Crippen molar-refractivity contribution in [2.75, 3.05) is 45.9 Å². The van der Waals surface area contributed by atoms with E-state index in [2.05, 4.69) is 24.9 Å². The van der Waals surface area contributed by atoms with Crippen LogP contribution < -0.4 is 24.3 Å². The normalized spacial score (nSPS) is 21.6. The first kappa shape index (κ1) is 49.7. The number of allylic oxidation sites excluding steroid dienone is 1. The van der Waals surface area contributed by atoms with Gasteiger partial charge in [-0.3, -0.25) is 10.1 Å². The van der Waals surface area contributed by atoms with E-state index in [0.29, 0.717) is 65.8 Å². The fourth-order valence-corrected chi connectivity index (χ4v) is 10.7. The molecule has 13 nitrogen and oxygen atoms in total. The van der Waals surface area contributed by atoms with Crippen LogP contribution >= 0.6 is 0 Å². The highest BCUT2D eigenvalue weighted by molar-refractivity contribution is 6.04. The number of methoxy groups -OCH3 is 2. The Labute approximate surface area is 410 Å². The van der Waals surface area contributed by atoms with Crippen molar-refractivity contribution in [1.82, 2.24) is 4.90 Å². The summed E-state index contributed by atoms with van der Waals surface area (Å²) in [5.74, 6) is -0.750. The Morgan fingerprint density at radius 1 is 0.871 bits per heavy atom. The van der Waals surface area contributed by atoms with Crippen molar-refractivity contribution >= 4 is 34.2 Å². The third-order valence-corrected chi connectivity index (χ3v) is 13.8. The van der Waals surface area contributed by atoms with E-state index in [-0.39, 0.29) is 56.5 Å². The lowest BCUT2D eigenvalue weighted by molar-refractivity contribution is -0.254. The molecule has 5 aromatic rings. The smallest absolute Gasteiger partial charge is 0.417 e. The summed E-state index contributed by atoms with van der Waals surface area (Å²) in [6.07, 6.45) is 8.50. The number of aliphatic hydroxyl groups excluding tert-OH is 2. The average molecular weight is 952 g/mol. The first-order valence-electron chi connectivity index (χ1n) is 24.5. The molecule has 0 spiro atoms. The summed E-state index contributed by atoms with van der Waals surface area (Å²) in [5, 5.41) is 29.9. The third kappa shape index (κ3) is 10.7. The molecule has 3 aliphatic rings. The zero-order valence-electron chi connectivity index (χ0n) is 40.4. The number of anilines is 1. The molecule has 0 bridgehead atoms. The van der Waals surface area contributed by atoms with Gasteiger partial charge in [-0.2, -0.15) is 0 Å². The van der Waals surface area contributed by atoms with Crippen molar-refractivity contribution in [2.45, 2.75) is 82.6 Å². The van der Waals surface area contributed by atoms with Gasteiger partial charge in [0.05, 0.1) is 38.1 Å². The molecule has 368 valence electrons. The lowest BCUT2D eigenvalue weighted by Crippen LogP contribution is -2.70. The largest absolute Gasteiger partial charge is 0.497 e. The van der Waals surface area contributed by atoms with Gasteiger partial charge in [-0.15, -0.1) is 6.58 Å². The second kappa shape index (κ2) is 23.3. The van der Waals surface area contributed by atoms with Crippen molar-refractivity contribution in [3.05, 3.63) is 150 Å². The fraction of sp³-hybridized carbons (Fsp3) is 0.386. The summed E-state index contributed by atoms with van der Waals surface area (Å²) in [4.78, 5) is 37.2. The van der Waals surface area contributed by atoms with Gasteiger partial charge in [0.1, 0.15) is 35.6 Å². The maximum Gasteiger partial charge on any atom is 0.417 e. The molecule has 5 aromatic carbocycles. The number of ether oxygens (including phenoxy) is 5. The molecule has 0 radical (unpaired) electrons. The number of amides is 2.